The van der Waals surface area contributed by atoms with Gasteiger partial charge in [-0.3, -0.25) is 19.5 Å². The van der Waals surface area contributed by atoms with Crippen molar-refractivity contribution in [2.75, 3.05) is 24.5 Å². The number of hydrogen-bond acceptors (Lipinski definition) is 6. The molecule has 2 atom stereocenters. The van der Waals surface area contributed by atoms with Gasteiger partial charge in [0, 0.05) is 31.1 Å². The van der Waals surface area contributed by atoms with Crippen molar-refractivity contribution in [3.8, 4) is 0 Å². The van der Waals surface area contributed by atoms with E-state index in [-0.39, 0.29) is 27.9 Å². The van der Waals surface area contributed by atoms with E-state index in [2.05, 4.69) is 4.98 Å². The molecule has 2 aromatic heterocycles. The maximum absolute atomic E-state index is 13.2. The second-order valence-electron chi connectivity index (χ2n) is 8.26. The van der Waals surface area contributed by atoms with Crippen LogP contribution in [-0.2, 0) is 19.6 Å². The van der Waals surface area contributed by atoms with Gasteiger partial charge >= 0.3 is 5.97 Å². The van der Waals surface area contributed by atoms with Crippen LogP contribution >= 0.6 is 22.9 Å². The molecule has 1 N–H and O–H groups in total. The van der Waals surface area contributed by atoms with Crippen LogP contribution in [0.1, 0.15) is 37.8 Å². The maximum atomic E-state index is 13.2. The number of rotatable bonds is 6. The number of fused-ring (bicyclic) bond motifs is 1. The summed E-state index contributed by atoms with van der Waals surface area (Å²) in [5, 5.41) is 9.30. The number of thiophene rings is 1. The lowest BCUT2D eigenvalue weighted by atomic mass is 9.77. The number of carboxylic acids is 1. The molecule has 172 valence electrons. The van der Waals surface area contributed by atoms with Gasteiger partial charge in [-0.1, -0.05) is 18.5 Å². The van der Waals surface area contributed by atoms with Crippen LogP contribution in [-0.4, -0.2) is 54.3 Å². The van der Waals surface area contributed by atoms with Gasteiger partial charge in [0.25, 0.3) is 10.0 Å². The van der Waals surface area contributed by atoms with Crippen LogP contribution in [0.4, 0.5) is 5.69 Å². The lowest BCUT2D eigenvalue weighted by Crippen LogP contribution is -2.47. The molecule has 0 aliphatic carbocycles. The first-order valence-electron chi connectivity index (χ1n) is 10.4. The first-order valence-corrected chi connectivity index (χ1v) is 13.1. The highest BCUT2D eigenvalue weighted by molar-refractivity contribution is 7.91. The molecule has 0 spiro atoms. The molecule has 1 fully saturated rings. The Hall–Kier alpha value is -2.01. The molecule has 4 rings (SSSR count). The maximum Gasteiger partial charge on any atom is 0.323 e. The largest absolute Gasteiger partial charge is 0.480 e. The highest BCUT2D eigenvalue weighted by atomic mass is 35.5. The molecular formula is C21H24ClN3O5S2. The van der Waals surface area contributed by atoms with Gasteiger partial charge in [0.05, 0.1) is 15.7 Å². The number of sulfonamides is 1. The van der Waals surface area contributed by atoms with E-state index in [1.54, 1.807) is 24.4 Å². The van der Waals surface area contributed by atoms with Crippen LogP contribution in [0, 0.1) is 11.8 Å². The van der Waals surface area contributed by atoms with E-state index in [1.807, 2.05) is 6.92 Å². The van der Waals surface area contributed by atoms with Crippen molar-refractivity contribution >= 4 is 50.5 Å². The van der Waals surface area contributed by atoms with Crippen molar-refractivity contribution in [1.29, 1.82) is 0 Å². The van der Waals surface area contributed by atoms with E-state index < -0.39 is 22.5 Å². The summed E-state index contributed by atoms with van der Waals surface area (Å²) in [5.74, 6) is -1.64. The van der Waals surface area contributed by atoms with Crippen molar-refractivity contribution in [3.63, 3.8) is 0 Å². The monoisotopic (exact) mass is 497 g/mol. The molecule has 0 aromatic carbocycles. The van der Waals surface area contributed by atoms with Gasteiger partial charge in [0.15, 0.2) is 0 Å². The van der Waals surface area contributed by atoms with Gasteiger partial charge in [0.1, 0.15) is 10.8 Å². The van der Waals surface area contributed by atoms with Crippen molar-refractivity contribution in [1.82, 2.24) is 9.29 Å². The average Bonchev–Trinajstić information content (AvgIpc) is 3.21. The fourth-order valence-electron chi connectivity index (χ4n) is 4.62. The lowest BCUT2D eigenvalue weighted by molar-refractivity contribution is -0.137. The van der Waals surface area contributed by atoms with Crippen molar-refractivity contribution < 1.29 is 23.1 Å². The Morgan fingerprint density at radius 1 is 1.28 bits per heavy atom. The summed E-state index contributed by atoms with van der Waals surface area (Å²) in [7, 11) is -3.56. The Bertz CT molecular complexity index is 1130. The fourth-order valence-corrected chi connectivity index (χ4v) is 7.73. The van der Waals surface area contributed by atoms with Crippen LogP contribution in [0.25, 0.3) is 0 Å². The third-order valence-corrected chi connectivity index (χ3v) is 9.92. The van der Waals surface area contributed by atoms with E-state index in [1.165, 1.54) is 15.3 Å². The molecule has 0 bridgehead atoms. The second-order valence-corrected chi connectivity index (χ2v) is 12.1. The third kappa shape index (κ3) is 4.41. The molecule has 2 unspecified atom stereocenters. The number of carbonyl (C=O) groups is 2. The minimum Gasteiger partial charge on any atom is -0.480 e. The van der Waals surface area contributed by atoms with Crippen LogP contribution in [0.5, 0.6) is 0 Å². The van der Waals surface area contributed by atoms with E-state index >= 15 is 0 Å². The van der Waals surface area contributed by atoms with Crippen LogP contribution < -0.4 is 4.90 Å². The van der Waals surface area contributed by atoms with Gasteiger partial charge in [-0.05, 0) is 49.4 Å². The predicted molar refractivity (Wildman–Crippen MR) is 122 cm³/mol. The summed E-state index contributed by atoms with van der Waals surface area (Å²) in [6, 6.07) is 6.54. The van der Waals surface area contributed by atoms with Crippen LogP contribution in [0.3, 0.4) is 0 Å². The molecule has 0 radical (unpaired) electrons. The van der Waals surface area contributed by atoms with Crippen molar-refractivity contribution in [3.05, 3.63) is 40.5 Å². The second kappa shape index (κ2) is 9.09. The van der Waals surface area contributed by atoms with E-state index in [0.29, 0.717) is 42.4 Å². The minimum atomic E-state index is -3.56. The summed E-state index contributed by atoms with van der Waals surface area (Å²) in [6.07, 6.45) is 3.51. The molecule has 1 amide bonds. The first kappa shape index (κ1) is 23.2. The SMILES string of the molecule is CC1c2ncccc2N(CC(=O)O)C(=O)C1CC1CCN(S(=O)(=O)c2ccc(Cl)s2)CC1. The average molecular weight is 498 g/mol. The Balaban J connectivity index is 1.47. The molecule has 1 saturated heterocycles. The van der Waals surface area contributed by atoms with Crippen molar-refractivity contribution in [2.24, 2.45) is 11.8 Å². The Labute approximate surface area is 195 Å². The van der Waals surface area contributed by atoms with Gasteiger partial charge in [-0.2, -0.15) is 4.31 Å². The minimum absolute atomic E-state index is 0.140. The third-order valence-electron chi connectivity index (χ3n) is 6.32. The number of nitrogens with zero attached hydrogens (tertiary/aromatic N) is 3. The normalized spacial score (nSPS) is 22.7. The molecule has 4 heterocycles. The Morgan fingerprint density at radius 2 is 2.00 bits per heavy atom. The molecular weight excluding hydrogens is 474 g/mol. The topological polar surface area (TPSA) is 108 Å². The zero-order valence-electron chi connectivity index (χ0n) is 17.5. The fraction of sp³-hybridized carbons (Fsp3) is 0.476. The van der Waals surface area contributed by atoms with E-state index in [0.717, 1.165) is 17.0 Å². The molecule has 2 aliphatic rings. The Morgan fingerprint density at radius 3 is 2.62 bits per heavy atom. The van der Waals surface area contributed by atoms with Gasteiger partial charge in [0.2, 0.25) is 5.91 Å². The predicted octanol–water partition coefficient (Wildman–Crippen LogP) is 3.44. The summed E-state index contributed by atoms with van der Waals surface area (Å²) < 4.78 is 27.8. The highest BCUT2D eigenvalue weighted by Gasteiger charge is 2.41. The zero-order chi connectivity index (χ0) is 23.0. The number of anilines is 1. The van der Waals surface area contributed by atoms with Crippen LogP contribution in [0.15, 0.2) is 34.7 Å². The molecule has 11 heteroatoms. The molecule has 32 heavy (non-hydrogen) atoms. The Kier molecular flexibility index (Phi) is 6.58. The first-order chi connectivity index (χ1) is 15.2. The number of carbonyl (C=O) groups excluding carboxylic acids is 1. The number of aliphatic carboxylic acids is 1. The number of halogens is 1. The summed E-state index contributed by atoms with van der Waals surface area (Å²) in [4.78, 5) is 30.3. The standard InChI is InChI=1S/C21H24ClN3O5S2/c1-13-15(21(28)25(12-18(26)27)16-3-2-8-23-20(13)16)11-14-6-9-24(10-7-14)32(29,30)19-5-4-17(22)31-19/h2-5,8,13-15H,6-7,9-12H2,1H3,(H,26,27). The number of piperidine rings is 1. The molecule has 0 saturated carbocycles. The number of pyridine rings is 1. The number of hydrogen-bond donors (Lipinski definition) is 1. The van der Waals surface area contributed by atoms with Gasteiger partial charge in [-0.25, -0.2) is 8.42 Å². The molecule has 2 aliphatic heterocycles. The van der Waals surface area contributed by atoms with Crippen LogP contribution in [0.2, 0.25) is 4.34 Å². The number of carboxylic acid groups (broad SMARTS) is 1. The smallest absolute Gasteiger partial charge is 0.323 e. The molecule has 2 aromatic rings. The van der Waals surface area contributed by atoms with Gasteiger partial charge < -0.3 is 5.11 Å². The number of aromatic nitrogens is 1. The van der Waals surface area contributed by atoms with E-state index in [4.69, 9.17) is 11.6 Å². The summed E-state index contributed by atoms with van der Waals surface area (Å²) in [5.41, 5.74) is 1.28. The number of amides is 1. The summed E-state index contributed by atoms with van der Waals surface area (Å²) in [6.45, 7) is 2.31. The van der Waals surface area contributed by atoms with Gasteiger partial charge in [-0.15, -0.1) is 11.3 Å². The quantitative estimate of drug-likeness (QED) is 0.655. The lowest BCUT2D eigenvalue weighted by Gasteiger charge is -2.39. The highest BCUT2D eigenvalue weighted by Crippen LogP contribution is 2.42. The van der Waals surface area contributed by atoms with Crippen molar-refractivity contribution in [2.45, 2.75) is 36.3 Å². The van der Waals surface area contributed by atoms with E-state index in [9.17, 15) is 23.1 Å². The zero-order valence-corrected chi connectivity index (χ0v) is 19.9. The summed E-state index contributed by atoms with van der Waals surface area (Å²) >= 11 is 6.95. The molecule has 8 nitrogen and oxygen atoms in total.